The van der Waals surface area contributed by atoms with E-state index < -0.39 is 27.3 Å². The molecular weight excluding hydrogens is 433 g/mol. The van der Waals surface area contributed by atoms with Gasteiger partial charge in [-0.2, -0.15) is 4.31 Å². The number of amides is 2. The van der Waals surface area contributed by atoms with Gasteiger partial charge in [-0.15, -0.1) is 0 Å². The fraction of sp³-hybridized carbons (Fsp3) is 0.652. The molecule has 32 heavy (non-hydrogen) atoms. The van der Waals surface area contributed by atoms with Crippen molar-refractivity contribution in [1.82, 2.24) is 9.62 Å². The molecule has 1 atom stereocenters. The number of carbonyl (C=O) groups is 2. The molecule has 1 saturated heterocycles. The third kappa shape index (κ3) is 5.14. The number of nitrogens with zero attached hydrogens (tertiary/aromatic N) is 2. The van der Waals surface area contributed by atoms with E-state index in [0.29, 0.717) is 11.3 Å². The Bertz CT molecular complexity index is 960. The molecule has 1 saturated carbocycles. The first-order valence-corrected chi connectivity index (χ1v) is 13.1. The van der Waals surface area contributed by atoms with Crippen LogP contribution in [0.25, 0.3) is 0 Å². The molecule has 0 aromatic heterocycles. The lowest BCUT2D eigenvalue weighted by molar-refractivity contribution is -0.133. The van der Waals surface area contributed by atoms with Crippen LogP contribution in [0, 0.1) is 12.7 Å². The summed E-state index contributed by atoms with van der Waals surface area (Å²) >= 11 is 0. The van der Waals surface area contributed by atoms with E-state index in [1.807, 2.05) is 0 Å². The van der Waals surface area contributed by atoms with Gasteiger partial charge < -0.3 is 5.32 Å². The quantitative estimate of drug-likeness (QED) is 0.721. The fourth-order valence-corrected chi connectivity index (χ4v) is 5.85. The zero-order valence-electron chi connectivity index (χ0n) is 19.2. The third-order valence-corrected chi connectivity index (χ3v) is 8.40. The number of hydrogen-bond donors (Lipinski definition) is 1. The lowest BCUT2D eigenvalue weighted by Crippen LogP contribution is -2.71. The number of nitrogens with one attached hydrogen (secondary N) is 1. The molecule has 2 aliphatic rings. The van der Waals surface area contributed by atoms with Gasteiger partial charge in [-0.1, -0.05) is 32.1 Å². The number of halogens is 1. The summed E-state index contributed by atoms with van der Waals surface area (Å²) in [6.45, 7) is 4.29. The van der Waals surface area contributed by atoms with E-state index in [4.69, 9.17) is 0 Å². The average molecular weight is 468 g/mol. The summed E-state index contributed by atoms with van der Waals surface area (Å²) in [6, 6.07) is 4.03. The van der Waals surface area contributed by atoms with Crippen LogP contribution in [0.5, 0.6) is 0 Å². The summed E-state index contributed by atoms with van der Waals surface area (Å²) in [6.07, 6.45) is 7.24. The minimum Gasteiger partial charge on any atom is -0.351 e. The molecule has 178 valence electrons. The Morgan fingerprint density at radius 1 is 1.19 bits per heavy atom. The Morgan fingerprint density at radius 2 is 1.81 bits per heavy atom. The van der Waals surface area contributed by atoms with Crippen LogP contribution in [-0.4, -0.2) is 55.0 Å². The number of carbonyl (C=O) groups excluding carboxylic acids is 2. The first kappa shape index (κ1) is 24.6. The smallest absolute Gasteiger partial charge is 0.247 e. The van der Waals surface area contributed by atoms with Crippen molar-refractivity contribution in [1.29, 1.82) is 0 Å². The monoisotopic (exact) mass is 467 g/mol. The minimum atomic E-state index is -3.68. The number of piperazine rings is 1. The summed E-state index contributed by atoms with van der Waals surface area (Å²) in [5.41, 5.74) is -0.530. The molecule has 1 aromatic carbocycles. The van der Waals surface area contributed by atoms with E-state index in [1.165, 1.54) is 36.4 Å². The predicted molar refractivity (Wildman–Crippen MR) is 122 cm³/mol. The maximum atomic E-state index is 13.7. The topological polar surface area (TPSA) is 86.8 Å². The Labute approximate surface area is 190 Å². The van der Waals surface area contributed by atoms with Crippen LogP contribution in [0.4, 0.5) is 10.1 Å². The van der Waals surface area contributed by atoms with E-state index in [1.54, 1.807) is 13.8 Å². The second-order valence-electron chi connectivity index (χ2n) is 9.12. The average Bonchev–Trinajstić information content (AvgIpc) is 2.70. The standard InChI is InChI=1S/C23H34FN3O4S/c1-4-32(30,31)26-15-21(28)27(20-13-12-18(24)14-17(20)2)23(3,16-26)22(29)25-19-10-8-6-5-7-9-11-19/h12-14,19H,4-11,15-16H2,1-3H3,(H,25,29)/t23-/m1/s1. The molecule has 1 aliphatic carbocycles. The number of sulfonamides is 1. The highest BCUT2D eigenvalue weighted by molar-refractivity contribution is 7.89. The largest absolute Gasteiger partial charge is 0.351 e. The molecule has 0 bridgehead atoms. The van der Waals surface area contributed by atoms with E-state index in [0.717, 1.165) is 42.8 Å². The molecule has 2 amide bonds. The fourth-order valence-electron chi connectivity index (χ4n) is 4.73. The third-order valence-electron chi connectivity index (χ3n) is 6.63. The van der Waals surface area contributed by atoms with Gasteiger partial charge in [0.25, 0.3) is 0 Å². The van der Waals surface area contributed by atoms with Gasteiger partial charge in [0.1, 0.15) is 11.4 Å². The molecule has 2 fully saturated rings. The van der Waals surface area contributed by atoms with Crippen LogP contribution in [-0.2, 0) is 19.6 Å². The highest BCUT2D eigenvalue weighted by Crippen LogP contribution is 2.33. The second kappa shape index (κ2) is 9.87. The molecule has 1 aromatic rings. The number of benzene rings is 1. The predicted octanol–water partition coefficient (Wildman–Crippen LogP) is 3.12. The number of aryl methyl sites for hydroxylation is 1. The lowest BCUT2D eigenvalue weighted by atomic mass is 9.91. The van der Waals surface area contributed by atoms with Crippen molar-refractivity contribution < 1.29 is 22.4 Å². The zero-order chi connectivity index (χ0) is 23.5. The van der Waals surface area contributed by atoms with Crippen LogP contribution in [0.15, 0.2) is 18.2 Å². The van der Waals surface area contributed by atoms with Gasteiger partial charge in [-0.3, -0.25) is 14.5 Å². The summed E-state index contributed by atoms with van der Waals surface area (Å²) in [5, 5.41) is 3.11. The molecule has 3 rings (SSSR count). The summed E-state index contributed by atoms with van der Waals surface area (Å²) in [5.74, 6) is -1.48. The van der Waals surface area contributed by atoms with Crippen molar-refractivity contribution in [2.24, 2.45) is 0 Å². The maximum Gasteiger partial charge on any atom is 0.247 e. The molecular formula is C23H34FN3O4S. The van der Waals surface area contributed by atoms with Crippen LogP contribution in [0.3, 0.4) is 0 Å². The summed E-state index contributed by atoms with van der Waals surface area (Å²) < 4.78 is 40.1. The summed E-state index contributed by atoms with van der Waals surface area (Å²) in [4.78, 5) is 28.3. The Balaban J connectivity index is 1.98. The normalized spacial score (nSPS) is 24.1. The molecule has 7 nitrogen and oxygen atoms in total. The highest BCUT2D eigenvalue weighted by Gasteiger charge is 2.51. The highest BCUT2D eigenvalue weighted by atomic mass is 32.2. The van der Waals surface area contributed by atoms with Gasteiger partial charge in [-0.05, 0) is 57.4 Å². The maximum absolute atomic E-state index is 13.7. The van der Waals surface area contributed by atoms with Crippen LogP contribution >= 0.6 is 0 Å². The molecule has 9 heteroatoms. The molecule has 0 spiro atoms. The van der Waals surface area contributed by atoms with Crippen LogP contribution in [0.2, 0.25) is 0 Å². The Hall–Kier alpha value is -2.00. The van der Waals surface area contributed by atoms with Crippen molar-refractivity contribution in [2.45, 2.75) is 77.3 Å². The van der Waals surface area contributed by atoms with E-state index >= 15 is 0 Å². The van der Waals surface area contributed by atoms with Gasteiger partial charge in [0, 0.05) is 18.3 Å². The van der Waals surface area contributed by atoms with Crippen LogP contribution < -0.4 is 10.2 Å². The van der Waals surface area contributed by atoms with E-state index in [9.17, 15) is 22.4 Å². The van der Waals surface area contributed by atoms with Gasteiger partial charge in [0.05, 0.1) is 12.3 Å². The number of anilines is 1. The minimum absolute atomic E-state index is 0.0101. The van der Waals surface area contributed by atoms with Crippen molar-refractivity contribution >= 4 is 27.5 Å². The van der Waals surface area contributed by atoms with Gasteiger partial charge in [0.2, 0.25) is 21.8 Å². The summed E-state index contributed by atoms with van der Waals surface area (Å²) in [7, 11) is -3.68. The molecule has 0 unspecified atom stereocenters. The zero-order valence-corrected chi connectivity index (χ0v) is 20.0. The first-order valence-electron chi connectivity index (χ1n) is 11.5. The van der Waals surface area contributed by atoms with E-state index in [2.05, 4.69) is 5.32 Å². The molecule has 1 N–H and O–H groups in total. The van der Waals surface area contributed by atoms with Gasteiger partial charge in [0.15, 0.2) is 0 Å². The van der Waals surface area contributed by atoms with Gasteiger partial charge >= 0.3 is 0 Å². The van der Waals surface area contributed by atoms with Crippen molar-refractivity contribution in [3.05, 3.63) is 29.6 Å². The Kier molecular flexibility index (Phi) is 7.60. The Morgan fingerprint density at radius 3 is 2.41 bits per heavy atom. The van der Waals surface area contributed by atoms with Crippen molar-refractivity contribution in [3.63, 3.8) is 0 Å². The molecule has 1 heterocycles. The lowest BCUT2D eigenvalue weighted by Gasteiger charge is -2.47. The van der Waals surface area contributed by atoms with Crippen molar-refractivity contribution in [3.8, 4) is 0 Å². The van der Waals surface area contributed by atoms with Crippen LogP contribution in [0.1, 0.15) is 64.4 Å². The SMILES string of the molecule is CCS(=O)(=O)N1CC(=O)N(c2ccc(F)cc2C)[C@@](C)(C(=O)NC2CCCCCCC2)C1. The molecule has 0 radical (unpaired) electrons. The first-order chi connectivity index (χ1) is 15.1. The second-order valence-corrected chi connectivity index (χ2v) is 11.4. The van der Waals surface area contributed by atoms with Crippen molar-refractivity contribution in [2.75, 3.05) is 23.7 Å². The molecule has 1 aliphatic heterocycles. The van der Waals surface area contributed by atoms with E-state index in [-0.39, 0.29) is 30.8 Å². The van der Waals surface area contributed by atoms with Gasteiger partial charge in [-0.25, -0.2) is 12.8 Å². The number of rotatable bonds is 5. The number of hydrogen-bond acceptors (Lipinski definition) is 4.